The van der Waals surface area contributed by atoms with Crippen LogP contribution in [0.15, 0.2) is 53.6 Å². The molecule has 34 heavy (non-hydrogen) atoms. The van der Waals surface area contributed by atoms with Gasteiger partial charge in [-0.05, 0) is 63.0 Å². The van der Waals surface area contributed by atoms with Gasteiger partial charge in [-0.15, -0.1) is 0 Å². The average molecular weight is 488 g/mol. The van der Waals surface area contributed by atoms with Crippen LogP contribution in [0.2, 0.25) is 0 Å². The van der Waals surface area contributed by atoms with Gasteiger partial charge in [-0.2, -0.15) is 26.3 Å². The summed E-state index contributed by atoms with van der Waals surface area (Å²) < 4.78 is 89.6. The lowest BCUT2D eigenvalue weighted by molar-refractivity contribution is -0.143. The molecule has 0 aromatic heterocycles. The highest BCUT2D eigenvalue weighted by Gasteiger charge is 2.38. The summed E-state index contributed by atoms with van der Waals surface area (Å²) in [5.41, 5.74) is -2.41. The summed E-state index contributed by atoms with van der Waals surface area (Å²) in [6.45, 7) is 7.34. The molecule has 1 aromatic carbocycles. The Morgan fingerprint density at radius 1 is 1.09 bits per heavy atom. The lowest BCUT2D eigenvalue weighted by atomic mass is 9.88. The molecule has 3 rings (SSSR count). The van der Waals surface area contributed by atoms with Gasteiger partial charge in [-0.3, -0.25) is 0 Å². The first-order chi connectivity index (χ1) is 15.7. The number of carbonyl (C=O) groups excluding carboxylic acids is 2. The van der Waals surface area contributed by atoms with Gasteiger partial charge in [0.05, 0.1) is 16.7 Å². The van der Waals surface area contributed by atoms with Crippen LogP contribution in [0.4, 0.5) is 26.3 Å². The van der Waals surface area contributed by atoms with Crippen molar-refractivity contribution in [3.05, 3.63) is 70.3 Å². The monoisotopic (exact) mass is 488 g/mol. The van der Waals surface area contributed by atoms with Crippen molar-refractivity contribution in [1.29, 1.82) is 0 Å². The van der Waals surface area contributed by atoms with Crippen molar-refractivity contribution in [2.75, 3.05) is 0 Å². The molecule has 0 unspecified atom stereocenters. The number of fused-ring (bicyclic) bond motifs is 1. The van der Waals surface area contributed by atoms with Crippen molar-refractivity contribution in [1.82, 2.24) is 0 Å². The zero-order valence-corrected chi connectivity index (χ0v) is 18.3. The highest BCUT2D eigenvalue weighted by atomic mass is 19.4. The minimum atomic E-state index is -5.09. The second-order valence-corrected chi connectivity index (χ2v) is 8.43. The molecular formula is C24H22F6O4. The quantitative estimate of drug-likeness (QED) is 0.280. The van der Waals surface area contributed by atoms with Gasteiger partial charge in [0.25, 0.3) is 0 Å². The molecule has 0 radical (unpaired) electrons. The SMILES string of the molecule is C=C(C)[C@@H]1C/C=C(\C)[C@H](OC(=O)c2cc(C(F)(F)F)cc(C(F)(F)F)c2)CCC2=C[C@@H]1OC2=O. The van der Waals surface area contributed by atoms with Crippen LogP contribution in [0.25, 0.3) is 0 Å². The van der Waals surface area contributed by atoms with Crippen LogP contribution in [-0.2, 0) is 26.6 Å². The molecule has 1 heterocycles. The molecule has 1 aliphatic carbocycles. The molecule has 0 spiro atoms. The number of allylic oxidation sites excluding steroid dienone is 1. The van der Waals surface area contributed by atoms with E-state index in [0.717, 1.165) is 5.57 Å². The van der Waals surface area contributed by atoms with Crippen molar-refractivity contribution in [2.45, 2.75) is 57.7 Å². The average Bonchev–Trinajstić information content (AvgIpc) is 3.08. The second-order valence-electron chi connectivity index (χ2n) is 8.43. The zero-order valence-electron chi connectivity index (χ0n) is 18.3. The minimum Gasteiger partial charge on any atom is -0.454 e. The number of halogens is 6. The van der Waals surface area contributed by atoms with E-state index in [9.17, 15) is 35.9 Å². The molecule has 3 atom stereocenters. The van der Waals surface area contributed by atoms with Gasteiger partial charge >= 0.3 is 24.3 Å². The molecule has 1 aliphatic heterocycles. The van der Waals surface area contributed by atoms with E-state index >= 15 is 0 Å². The van der Waals surface area contributed by atoms with E-state index in [2.05, 4.69) is 6.58 Å². The van der Waals surface area contributed by atoms with Gasteiger partial charge in [0, 0.05) is 11.5 Å². The molecule has 10 heteroatoms. The number of benzene rings is 1. The van der Waals surface area contributed by atoms with Crippen molar-refractivity contribution in [3.63, 3.8) is 0 Å². The highest BCUT2D eigenvalue weighted by molar-refractivity contribution is 5.91. The largest absolute Gasteiger partial charge is 0.454 e. The third kappa shape index (κ3) is 5.71. The highest BCUT2D eigenvalue weighted by Crippen LogP contribution is 2.37. The Balaban J connectivity index is 1.91. The van der Waals surface area contributed by atoms with Crippen molar-refractivity contribution >= 4 is 11.9 Å². The Morgan fingerprint density at radius 2 is 1.68 bits per heavy atom. The van der Waals surface area contributed by atoms with Crippen LogP contribution in [0.3, 0.4) is 0 Å². The van der Waals surface area contributed by atoms with Crippen molar-refractivity contribution in [3.8, 4) is 0 Å². The van der Waals surface area contributed by atoms with E-state index in [-0.39, 0.29) is 24.8 Å². The number of ether oxygens (including phenoxy) is 2. The number of alkyl halides is 6. The van der Waals surface area contributed by atoms with Gasteiger partial charge in [0.2, 0.25) is 0 Å². The van der Waals surface area contributed by atoms with E-state index in [0.29, 0.717) is 29.7 Å². The van der Waals surface area contributed by atoms with Gasteiger partial charge in [0.15, 0.2) is 0 Å². The lowest BCUT2D eigenvalue weighted by Gasteiger charge is -2.23. The molecule has 1 aromatic rings. The summed E-state index contributed by atoms with van der Waals surface area (Å²) in [5, 5.41) is 0. The molecule has 2 bridgehead atoms. The van der Waals surface area contributed by atoms with Crippen LogP contribution in [0.5, 0.6) is 0 Å². The van der Waals surface area contributed by atoms with E-state index in [1.165, 1.54) is 0 Å². The van der Waals surface area contributed by atoms with Crippen LogP contribution < -0.4 is 0 Å². The maximum absolute atomic E-state index is 13.1. The van der Waals surface area contributed by atoms with Gasteiger partial charge in [-0.25, -0.2) is 9.59 Å². The first-order valence-corrected chi connectivity index (χ1v) is 10.4. The zero-order chi connectivity index (χ0) is 25.4. The molecule has 2 aliphatic rings. The third-order valence-corrected chi connectivity index (χ3v) is 5.85. The van der Waals surface area contributed by atoms with Crippen LogP contribution in [0.1, 0.15) is 54.6 Å². The van der Waals surface area contributed by atoms with Crippen LogP contribution >= 0.6 is 0 Å². The number of hydrogen-bond donors (Lipinski definition) is 0. The fraction of sp³-hybridized carbons (Fsp3) is 0.417. The van der Waals surface area contributed by atoms with E-state index in [1.807, 2.05) is 0 Å². The summed E-state index contributed by atoms with van der Waals surface area (Å²) in [4.78, 5) is 24.9. The standard InChI is InChI=1S/C24H22F6O4/c1-12(2)18-6-4-13(3)19(7-5-14-10-20(18)34-21(14)31)33-22(32)15-8-16(23(25,26)27)11-17(9-15)24(28,29)30/h4,8-11,18-20H,1,5-7H2,2-3H3/b13-4+/t18-,19+,20-/m0/s1. The maximum atomic E-state index is 13.1. The summed E-state index contributed by atoms with van der Waals surface area (Å²) >= 11 is 0. The molecule has 0 N–H and O–H groups in total. The van der Waals surface area contributed by atoms with Crippen molar-refractivity contribution in [2.24, 2.45) is 5.92 Å². The smallest absolute Gasteiger partial charge is 0.416 e. The Kier molecular flexibility index (Phi) is 7.00. The van der Waals surface area contributed by atoms with Crippen LogP contribution in [-0.4, -0.2) is 24.1 Å². The maximum Gasteiger partial charge on any atom is 0.416 e. The summed E-state index contributed by atoms with van der Waals surface area (Å²) in [7, 11) is 0. The molecule has 0 saturated carbocycles. The second kappa shape index (κ2) is 9.31. The molecular weight excluding hydrogens is 466 g/mol. The number of carbonyl (C=O) groups is 2. The van der Waals surface area contributed by atoms with E-state index < -0.39 is 53.2 Å². The molecule has 4 nitrogen and oxygen atoms in total. The van der Waals surface area contributed by atoms with Gasteiger partial charge < -0.3 is 9.47 Å². The van der Waals surface area contributed by atoms with Gasteiger partial charge in [-0.1, -0.05) is 18.2 Å². The third-order valence-electron chi connectivity index (χ3n) is 5.85. The number of rotatable bonds is 3. The number of hydrogen-bond acceptors (Lipinski definition) is 4. The van der Waals surface area contributed by atoms with Crippen LogP contribution in [0, 0.1) is 5.92 Å². The first kappa shape index (κ1) is 25.6. The molecule has 0 fully saturated rings. The predicted molar refractivity (Wildman–Crippen MR) is 110 cm³/mol. The summed E-state index contributed by atoms with van der Waals surface area (Å²) in [5.74, 6) is -2.08. The molecule has 0 amide bonds. The Hall–Kier alpha value is -3.04. The Morgan fingerprint density at radius 3 is 2.21 bits per heavy atom. The number of esters is 2. The van der Waals surface area contributed by atoms with E-state index in [4.69, 9.17) is 9.47 Å². The topological polar surface area (TPSA) is 52.6 Å². The first-order valence-electron chi connectivity index (χ1n) is 10.4. The van der Waals surface area contributed by atoms with Crippen molar-refractivity contribution < 1.29 is 45.4 Å². The fourth-order valence-corrected chi connectivity index (χ4v) is 3.88. The van der Waals surface area contributed by atoms with Gasteiger partial charge in [0.1, 0.15) is 12.2 Å². The Bertz CT molecular complexity index is 1030. The fourth-order valence-electron chi connectivity index (χ4n) is 3.88. The molecule has 184 valence electrons. The normalized spacial score (nSPS) is 25.1. The predicted octanol–water partition coefficient (Wildman–Crippen LogP) is 6.42. The Labute approximate surface area is 191 Å². The molecule has 0 saturated heterocycles. The summed E-state index contributed by atoms with van der Waals surface area (Å²) in [6, 6.07) is 0.600. The van der Waals surface area contributed by atoms with E-state index in [1.54, 1.807) is 26.0 Å². The lowest BCUT2D eigenvalue weighted by Crippen LogP contribution is -2.23. The minimum absolute atomic E-state index is 0.0578. The summed E-state index contributed by atoms with van der Waals surface area (Å²) in [6.07, 6.45) is -7.56.